The van der Waals surface area contributed by atoms with Gasteiger partial charge in [-0.1, -0.05) is 35.5 Å². The van der Waals surface area contributed by atoms with E-state index in [1.165, 1.54) is 0 Å². The molecule has 0 saturated carbocycles. The molecule has 6 nitrogen and oxygen atoms in total. The Morgan fingerprint density at radius 2 is 1.96 bits per heavy atom. The van der Waals surface area contributed by atoms with E-state index in [1.807, 2.05) is 30.3 Å². The third-order valence-electron chi connectivity index (χ3n) is 4.33. The van der Waals surface area contributed by atoms with Crippen LogP contribution in [0.4, 0.5) is 0 Å². The van der Waals surface area contributed by atoms with Crippen molar-refractivity contribution in [1.82, 2.24) is 20.3 Å². The highest BCUT2D eigenvalue weighted by atomic mass is 16.5. The van der Waals surface area contributed by atoms with Crippen LogP contribution in [0.15, 0.2) is 40.9 Å². The molecule has 1 aliphatic rings. The lowest BCUT2D eigenvalue weighted by molar-refractivity contribution is 0.0940. The van der Waals surface area contributed by atoms with E-state index in [4.69, 9.17) is 4.52 Å². The number of carbonyl (C=O) groups is 1. The molecule has 0 bridgehead atoms. The lowest BCUT2D eigenvalue weighted by Gasteiger charge is -2.32. The van der Waals surface area contributed by atoms with Gasteiger partial charge in [0.05, 0.1) is 0 Å². The summed E-state index contributed by atoms with van der Waals surface area (Å²) in [7, 11) is 2.15. The van der Waals surface area contributed by atoms with Crippen LogP contribution in [0.5, 0.6) is 0 Å². The smallest absolute Gasteiger partial charge is 0.273 e. The van der Waals surface area contributed by atoms with Gasteiger partial charge in [0.1, 0.15) is 0 Å². The Labute approximate surface area is 142 Å². The molecule has 128 valence electrons. The second-order valence-corrected chi connectivity index (χ2v) is 6.20. The van der Waals surface area contributed by atoms with Crippen LogP contribution in [0.2, 0.25) is 0 Å². The van der Waals surface area contributed by atoms with Gasteiger partial charge in [-0.25, -0.2) is 0 Å². The van der Waals surface area contributed by atoms with E-state index in [1.54, 1.807) is 6.07 Å². The van der Waals surface area contributed by atoms with Gasteiger partial charge in [-0.2, -0.15) is 0 Å². The lowest BCUT2D eigenvalue weighted by Crippen LogP contribution is -2.45. The summed E-state index contributed by atoms with van der Waals surface area (Å²) in [6.45, 7) is 6.12. The third kappa shape index (κ3) is 4.43. The maximum atomic E-state index is 12.1. The van der Waals surface area contributed by atoms with Crippen molar-refractivity contribution >= 4 is 5.91 Å². The first-order valence-corrected chi connectivity index (χ1v) is 8.43. The zero-order chi connectivity index (χ0) is 16.8. The molecule has 1 saturated heterocycles. The van der Waals surface area contributed by atoms with Crippen molar-refractivity contribution in [3.05, 3.63) is 42.1 Å². The molecule has 1 fully saturated rings. The minimum absolute atomic E-state index is 0.181. The summed E-state index contributed by atoms with van der Waals surface area (Å²) < 4.78 is 5.26. The Morgan fingerprint density at radius 1 is 1.21 bits per heavy atom. The van der Waals surface area contributed by atoms with Crippen molar-refractivity contribution in [3.8, 4) is 11.3 Å². The van der Waals surface area contributed by atoms with Crippen LogP contribution < -0.4 is 5.32 Å². The molecule has 0 radical (unpaired) electrons. The molecular formula is C18H24N4O2. The van der Waals surface area contributed by atoms with Gasteiger partial charge in [0.2, 0.25) is 0 Å². The van der Waals surface area contributed by atoms with Crippen molar-refractivity contribution in [1.29, 1.82) is 0 Å². The quantitative estimate of drug-likeness (QED) is 0.818. The molecule has 2 heterocycles. The van der Waals surface area contributed by atoms with Crippen LogP contribution >= 0.6 is 0 Å². The fourth-order valence-corrected chi connectivity index (χ4v) is 2.79. The summed E-state index contributed by atoms with van der Waals surface area (Å²) in [6.07, 6.45) is 0.943. The normalized spacial score (nSPS) is 16.2. The number of hydrogen-bond acceptors (Lipinski definition) is 5. The fraction of sp³-hybridized carbons (Fsp3) is 0.444. The van der Waals surface area contributed by atoms with E-state index in [0.717, 1.165) is 44.7 Å². The van der Waals surface area contributed by atoms with Gasteiger partial charge in [-0.15, -0.1) is 0 Å². The van der Waals surface area contributed by atoms with Gasteiger partial charge in [0.25, 0.3) is 5.91 Å². The molecule has 1 amide bonds. The second kappa shape index (κ2) is 8.08. The zero-order valence-electron chi connectivity index (χ0n) is 14.1. The number of piperazine rings is 1. The van der Waals surface area contributed by atoms with Crippen LogP contribution in [0.1, 0.15) is 16.9 Å². The summed E-state index contributed by atoms with van der Waals surface area (Å²) in [6, 6.07) is 11.3. The van der Waals surface area contributed by atoms with Crippen molar-refractivity contribution in [2.24, 2.45) is 0 Å². The minimum Gasteiger partial charge on any atom is -0.355 e. The van der Waals surface area contributed by atoms with Crippen molar-refractivity contribution in [2.45, 2.75) is 6.42 Å². The topological polar surface area (TPSA) is 61.6 Å². The molecule has 1 aromatic carbocycles. The van der Waals surface area contributed by atoms with Gasteiger partial charge >= 0.3 is 0 Å². The van der Waals surface area contributed by atoms with E-state index < -0.39 is 0 Å². The molecule has 1 aromatic heterocycles. The SMILES string of the molecule is CN1CCN(CCCNC(=O)c2cc(-c3ccccc3)on2)CC1. The highest BCUT2D eigenvalue weighted by molar-refractivity contribution is 5.93. The Kier molecular flexibility index (Phi) is 5.61. The summed E-state index contributed by atoms with van der Waals surface area (Å²) in [4.78, 5) is 16.9. The number of nitrogens with one attached hydrogen (secondary N) is 1. The van der Waals surface area contributed by atoms with Gasteiger partial charge in [-0.05, 0) is 20.0 Å². The maximum absolute atomic E-state index is 12.1. The number of rotatable bonds is 6. The molecule has 1 N–H and O–H groups in total. The number of aromatic nitrogens is 1. The van der Waals surface area contributed by atoms with E-state index >= 15 is 0 Å². The van der Waals surface area contributed by atoms with Crippen molar-refractivity contribution < 1.29 is 9.32 Å². The number of benzene rings is 1. The largest absolute Gasteiger partial charge is 0.355 e. The van der Waals surface area contributed by atoms with Gasteiger partial charge in [0, 0.05) is 44.4 Å². The summed E-state index contributed by atoms with van der Waals surface area (Å²) in [5.41, 5.74) is 1.24. The number of nitrogens with zero attached hydrogens (tertiary/aromatic N) is 3. The summed E-state index contributed by atoms with van der Waals surface area (Å²) in [5, 5.41) is 6.78. The monoisotopic (exact) mass is 328 g/mol. The molecule has 24 heavy (non-hydrogen) atoms. The Morgan fingerprint density at radius 3 is 2.71 bits per heavy atom. The maximum Gasteiger partial charge on any atom is 0.273 e. The van der Waals surface area contributed by atoms with Gasteiger partial charge in [0.15, 0.2) is 11.5 Å². The predicted octanol–water partition coefficient (Wildman–Crippen LogP) is 1.71. The number of hydrogen-bond donors (Lipinski definition) is 1. The lowest BCUT2D eigenvalue weighted by atomic mass is 10.1. The molecule has 1 aliphatic heterocycles. The highest BCUT2D eigenvalue weighted by Gasteiger charge is 2.15. The Hall–Kier alpha value is -2.18. The number of amides is 1. The Bertz CT molecular complexity index is 648. The van der Waals surface area contributed by atoms with Crippen molar-refractivity contribution in [2.75, 3.05) is 46.3 Å². The van der Waals surface area contributed by atoms with E-state index in [-0.39, 0.29) is 5.91 Å². The van der Waals surface area contributed by atoms with Crippen LogP contribution in [-0.2, 0) is 0 Å². The van der Waals surface area contributed by atoms with Crippen LogP contribution in [-0.4, -0.2) is 67.2 Å². The van der Waals surface area contributed by atoms with Gasteiger partial charge < -0.3 is 19.6 Å². The Balaban J connectivity index is 1.42. The minimum atomic E-state index is -0.181. The predicted molar refractivity (Wildman–Crippen MR) is 92.8 cm³/mol. The summed E-state index contributed by atoms with van der Waals surface area (Å²) >= 11 is 0. The van der Waals surface area contributed by atoms with E-state index in [2.05, 4.69) is 27.3 Å². The average Bonchev–Trinajstić information content (AvgIpc) is 3.11. The molecule has 0 spiro atoms. The first-order chi connectivity index (χ1) is 11.7. The molecular weight excluding hydrogens is 304 g/mol. The molecule has 6 heteroatoms. The van der Waals surface area contributed by atoms with Crippen LogP contribution in [0.25, 0.3) is 11.3 Å². The van der Waals surface area contributed by atoms with Crippen LogP contribution in [0.3, 0.4) is 0 Å². The first kappa shape index (κ1) is 16.7. The third-order valence-corrected chi connectivity index (χ3v) is 4.33. The standard InChI is InChI=1S/C18H24N4O2/c1-21-10-12-22(13-11-21)9-5-8-19-18(23)16-14-17(24-20-16)15-6-3-2-4-7-15/h2-4,6-7,14H,5,8-13H2,1H3,(H,19,23). The van der Waals surface area contributed by atoms with E-state index in [9.17, 15) is 4.79 Å². The molecule has 0 atom stereocenters. The summed E-state index contributed by atoms with van der Waals surface area (Å²) in [5.74, 6) is 0.428. The first-order valence-electron chi connectivity index (χ1n) is 8.43. The van der Waals surface area contributed by atoms with Crippen LogP contribution in [0, 0.1) is 0 Å². The van der Waals surface area contributed by atoms with E-state index in [0.29, 0.717) is 18.0 Å². The molecule has 2 aromatic rings. The fourth-order valence-electron chi connectivity index (χ4n) is 2.79. The highest BCUT2D eigenvalue weighted by Crippen LogP contribution is 2.19. The van der Waals surface area contributed by atoms with Gasteiger partial charge in [-0.3, -0.25) is 4.79 Å². The zero-order valence-corrected chi connectivity index (χ0v) is 14.1. The second-order valence-electron chi connectivity index (χ2n) is 6.20. The van der Waals surface area contributed by atoms with Crippen molar-refractivity contribution in [3.63, 3.8) is 0 Å². The average molecular weight is 328 g/mol. The molecule has 3 rings (SSSR count). The number of likely N-dealkylation sites (N-methyl/N-ethyl adjacent to an activating group) is 1. The molecule has 0 unspecified atom stereocenters. The molecule has 0 aliphatic carbocycles. The number of carbonyl (C=O) groups excluding carboxylic acids is 1.